The molecule has 0 aromatic heterocycles. The Bertz CT molecular complexity index is 1110. The minimum Gasteiger partial charge on any atom is -0.121 e. The van der Waals surface area contributed by atoms with Crippen LogP contribution in [0.3, 0.4) is 0 Å². The molecule has 0 amide bonds. The zero-order chi connectivity index (χ0) is 23.8. The summed E-state index contributed by atoms with van der Waals surface area (Å²) in [5, 5.41) is 5.46. The van der Waals surface area contributed by atoms with Gasteiger partial charge in [-0.25, -0.2) is 0 Å². The lowest BCUT2D eigenvalue weighted by molar-refractivity contribution is 0.886. The smallest absolute Gasteiger partial charge is 0.0718 e. The molecule has 0 atom stereocenters. The van der Waals surface area contributed by atoms with Gasteiger partial charge in [0.2, 0.25) is 0 Å². The van der Waals surface area contributed by atoms with Gasteiger partial charge in [-0.2, -0.15) is 0 Å². The van der Waals surface area contributed by atoms with E-state index in [4.69, 9.17) is 0 Å². The van der Waals surface area contributed by atoms with Crippen molar-refractivity contribution in [3.63, 3.8) is 0 Å². The molecular weight excluding hydrogens is 701 g/mol. The highest BCUT2D eigenvalue weighted by Gasteiger charge is 2.36. The Morgan fingerprint density at radius 2 is 0.971 bits per heavy atom. The van der Waals surface area contributed by atoms with E-state index in [0.29, 0.717) is 0 Å². The number of rotatable bonds is 6. The first-order chi connectivity index (χ1) is 17.2. The topological polar surface area (TPSA) is 0 Å². The molecule has 1 fully saturated rings. The largest absolute Gasteiger partial charge is 0.121 e. The lowest BCUT2D eigenvalue weighted by atomic mass is 10.3. The SMILES string of the molecule is CSC1=C(SCSC2=C(SC)SC(=C3SC4=C(SC(=C5CCCC5)S4)S3)S2)SC(=C2SC=CS2)S1. The predicted octanol–water partition coefficient (Wildman–Crippen LogP) is 13.4. The van der Waals surface area contributed by atoms with Crippen molar-refractivity contribution in [2.24, 2.45) is 0 Å². The van der Waals surface area contributed by atoms with Crippen LogP contribution in [0.25, 0.3) is 0 Å². The van der Waals surface area contributed by atoms with Crippen LogP contribution >= 0.6 is 165 Å². The van der Waals surface area contributed by atoms with Crippen LogP contribution in [0, 0.1) is 0 Å². The third-order valence-electron chi connectivity index (χ3n) is 4.97. The molecule has 1 aliphatic carbocycles. The average molecular weight is 719 g/mol. The Morgan fingerprint density at radius 1 is 0.543 bits per heavy atom. The summed E-state index contributed by atoms with van der Waals surface area (Å²) < 4.78 is 16.5. The van der Waals surface area contributed by atoms with Gasteiger partial charge in [0, 0.05) is 5.08 Å². The molecule has 5 aliphatic heterocycles. The summed E-state index contributed by atoms with van der Waals surface area (Å²) in [4.78, 5) is 0. The molecule has 0 spiro atoms. The second-order valence-electron chi connectivity index (χ2n) is 7.11. The van der Waals surface area contributed by atoms with Crippen molar-refractivity contribution in [1.29, 1.82) is 0 Å². The minimum absolute atomic E-state index is 1.07. The summed E-state index contributed by atoms with van der Waals surface area (Å²) >= 11 is 27.7. The Hall–Kier alpha value is 3.08. The number of hydrogen-bond acceptors (Lipinski definition) is 14. The first-order valence-corrected chi connectivity index (χ1v) is 23.1. The number of hydrogen-bond donors (Lipinski definition) is 0. The van der Waals surface area contributed by atoms with E-state index >= 15 is 0 Å². The fourth-order valence-electron chi connectivity index (χ4n) is 3.40. The molecule has 0 nitrogen and oxygen atoms in total. The summed E-state index contributed by atoms with van der Waals surface area (Å²) in [5.74, 6) is 0. The molecule has 0 unspecified atom stereocenters. The van der Waals surface area contributed by atoms with Gasteiger partial charge in [0.15, 0.2) is 0 Å². The van der Waals surface area contributed by atoms with E-state index in [-0.39, 0.29) is 0 Å². The van der Waals surface area contributed by atoms with Crippen molar-refractivity contribution in [3.8, 4) is 0 Å². The maximum atomic E-state index is 2.23. The molecule has 186 valence electrons. The minimum atomic E-state index is 1.07. The fraction of sp³-hybridized carbons (Fsp3) is 0.333. The molecule has 6 rings (SSSR count). The molecule has 0 radical (unpaired) electrons. The first kappa shape index (κ1) is 28.2. The van der Waals surface area contributed by atoms with Crippen LogP contribution in [0.1, 0.15) is 25.7 Å². The number of allylic oxidation sites excluding steroid dienone is 1. The van der Waals surface area contributed by atoms with Gasteiger partial charge >= 0.3 is 0 Å². The van der Waals surface area contributed by atoms with Crippen LogP contribution in [-0.4, -0.2) is 17.6 Å². The van der Waals surface area contributed by atoms with E-state index < -0.39 is 0 Å². The van der Waals surface area contributed by atoms with Crippen molar-refractivity contribution >= 4 is 165 Å². The monoisotopic (exact) mass is 718 g/mol. The summed E-state index contributed by atoms with van der Waals surface area (Å²) in [6.45, 7) is 0. The van der Waals surface area contributed by atoms with Gasteiger partial charge in [0.1, 0.15) is 0 Å². The van der Waals surface area contributed by atoms with Gasteiger partial charge in [-0.3, -0.25) is 0 Å². The van der Waals surface area contributed by atoms with Crippen LogP contribution < -0.4 is 0 Å². The fourth-order valence-corrected chi connectivity index (χ4v) is 23.8. The molecule has 0 saturated heterocycles. The van der Waals surface area contributed by atoms with Gasteiger partial charge in [0.25, 0.3) is 0 Å². The van der Waals surface area contributed by atoms with Gasteiger partial charge in [-0.15, -0.1) is 47.0 Å². The van der Waals surface area contributed by atoms with Crippen molar-refractivity contribution in [3.05, 3.63) is 63.0 Å². The first-order valence-electron chi connectivity index (χ1n) is 10.4. The van der Waals surface area contributed by atoms with Gasteiger partial charge in [0.05, 0.1) is 46.6 Å². The third kappa shape index (κ3) is 6.61. The zero-order valence-corrected chi connectivity index (χ0v) is 29.8. The van der Waals surface area contributed by atoms with Crippen molar-refractivity contribution in [2.45, 2.75) is 25.7 Å². The van der Waals surface area contributed by atoms with Crippen molar-refractivity contribution in [1.82, 2.24) is 0 Å². The quantitative estimate of drug-likeness (QED) is 0.239. The highest BCUT2D eigenvalue weighted by Crippen LogP contribution is 2.71. The summed E-state index contributed by atoms with van der Waals surface area (Å²) in [6, 6.07) is 0. The maximum Gasteiger partial charge on any atom is 0.0718 e. The maximum absolute atomic E-state index is 2.23. The van der Waals surface area contributed by atoms with E-state index in [1.807, 2.05) is 141 Å². The molecule has 0 aromatic carbocycles. The van der Waals surface area contributed by atoms with E-state index in [9.17, 15) is 0 Å². The Balaban J connectivity index is 1.05. The Labute approximate surface area is 267 Å². The Morgan fingerprint density at radius 3 is 1.49 bits per heavy atom. The molecule has 35 heavy (non-hydrogen) atoms. The van der Waals surface area contributed by atoms with Gasteiger partial charge < -0.3 is 0 Å². The van der Waals surface area contributed by atoms with Crippen LogP contribution in [0.15, 0.2) is 63.0 Å². The van der Waals surface area contributed by atoms with Crippen LogP contribution in [-0.2, 0) is 0 Å². The number of thioether (sulfide) groups is 14. The zero-order valence-electron chi connectivity index (χ0n) is 18.4. The summed E-state index contributed by atoms with van der Waals surface area (Å²) in [7, 11) is 0. The van der Waals surface area contributed by atoms with Gasteiger partial charge in [-0.1, -0.05) is 118 Å². The predicted molar refractivity (Wildman–Crippen MR) is 193 cm³/mol. The van der Waals surface area contributed by atoms with Crippen LogP contribution in [0.2, 0.25) is 0 Å². The molecule has 6 aliphatic rings. The third-order valence-corrected chi connectivity index (χ3v) is 24.8. The molecule has 1 saturated carbocycles. The molecule has 14 heteroatoms. The molecule has 0 aromatic rings. The van der Waals surface area contributed by atoms with Crippen molar-refractivity contribution < 1.29 is 0 Å². The lowest BCUT2D eigenvalue weighted by Gasteiger charge is -2.07. The molecule has 5 heterocycles. The normalized spacial score (nSPS) is 24.7. The average Bonchev–Trinajstić information content (AvgIpc) is 3.68. The summed E-state index contributed by atoms with van der Waals surface area (Å²) in [5.41, 5.74) is 1.72. The molecule has 0 N–H and O–H groups in total. The van der Waals surface area contributed by atoms with E-state index in [1.165, 1.54) is 68.1 Å². The van der Waals surface area contributed by atoms with E-state index in [2.05, 4.69) is 46.9 Å². The molecular formula is C21H18S14. The van der Waals surface area contributed by atoms with E-state index in [1.54, 1.807) is 9.81 Å². The van der Waals surface area contributed by atoms with Gasteiger partial charge in [-0.05, 0) is 54.6 Å². The second kappa shape index (κ2) is 13.4. The van der Waals surface area contributed by atoms with Crippen molar-refractivity contribution in [2.75, 3.05) is 17.6 Å². The van der Waals surface area contributed by atoms with Crippen LogP contribution in [0.5, 0.6) is 0 Å². The highest BCUT2D eigenvalue weighted by atomic mass is 32.3. The Kier molecular flexibility index (Phi) is 10.8. The molecule has 0 bridgehead atoms. The highest BCUT2D eigenvalue weighted by molar-refractivity contribution is 8.50. The second-order valence-corrected chi connectivity index (χ2v) is 23.9. The van der Waals surface area contributed by atoms with Crippen LogP contribution in [0.4, 0.5) is 0 Å². The summed E-state index contributed by atoms with van der Waals surface area (Å²) in [6.07, 6.45) is 9.86. The standard InChI is InChI=1S/C21H18S14/c1-22-12-15(32-17(30-12)14-24-7-8-25-14)26-9-27-16-13(23-2)31-20(33-16)21-34-18-19(35-21)29-11(28-18)10-5-3-4-6-10/h7-8H,3-6,9H2,1-2H3. The lowest BCUT2D eigenvalue weighted by Crippen LogP contribution is -1.76. The van der Waals surface area contributed by atoms with E-state index in [0.717, 1.165) is 5.08 Å².